The average Bonchev–Trinajstić information content (AvgIpc) is 3.07. The third-order valence-corrected chi connectivity index (χ3v) is 8.75. The van der Waals surface area contributed by atoms with E-state index in [0.717, 1.165) is 29.2 Å². The predicted molar refractivity (Wildman–Crippen MR) is 143 cm³/mol. The Labute approximate surface area is 215 Å². The second kappa shape index (κ2) is 9.48. The van der Waals surface area contributed by atoms with Gasteiger partial charge in [-0.1, -0.05) is 37.8 Å². The van der Waals surface area contributed by atoms with E-state index in [2.05, 4.69) is 31.0 Å². The van der Waals surface area contributed by atoms with Crippen LogP contribution in [-0.4, -0.2) is 60.1 Å². The molecule has 0 unspecified atom stereocenters. The zero-order valence-electron chi connectivity index (χ0n) is 23.1. The van der Waals surface area contributed by atoms with E-state index in [9.17, 15) is 9.59 Å². The molecule has 0 bridgehead atoms. The first-order valence-electron chi connectivity index (χ1n) is 13.0. The van der Waals surface area contributed by atoms with Gasteiger partial charge in [-0.25, -0.2) is 9.48 Å². The highest BCUT2D eigenvalue weighted by atomic mass is 28.3. The van der Waals surface area contributed by atoms with Gasteiger partial charge in [0.25, 0.3) is 0 Å². The summed E-state index contributed by atoms with van der Waals surface area (Å²) in [6.07, 6.45) is -0.293. The van der Waals surface area contributed by atoms with Gasteiger partial charge in [-0.05, 0) is 58.6 Å². The van der Waals surface area contributed by atoms with Crippen molar-refractivity contribution in [2.24, 2.45) is 17.8 Å². The number of ether oxygens (including phenoxy) is 2. The maximum Gasteiger partial charge on any atom is 0.410 e. The number of carbonyl (C=O) groups excluding carboxylic acids is 2. The lowest BCUT2D eigenvalue weighted by molar-refractivity contribution is -0.125. The number of aromatic nitrogens is 2. The molecule has 9 heteroatoms. The highest BCUT2D eigenvalue weighted by Crippen LogP contribution is 2.52. The molecule has 0 radical (unpaired) electrons. The zero-order chi connectivity index (χ0) is 26.5. The van der Waals surface area contributed by atoms with Gasteiger partial charge in [0.2, 0.25) is 5.91 Å². The third kappa shape index (κ3) is 5.94. The first-order chi connectivity index (χ1) is 16.7. The topological polar surface area (TPSA) is 85.7 Å². The first-order valence-corrected chi connectivity index (χ1v) is 16.7. The minimum absolute atomic E-state index is 0.0313. The lowest BCUT2D eigenvalue weighted by Crippen LogP contribution is -2.44. The summed E-state index contributed by atoms with van der Waals surface area (Å²) in [6.45, 7) is 18.9. The molecule has 1 saturated carbocycles. The minimum Gasteiger partial charge on any atom is -0.444 e. The summed E-state index contributed by atoms with van der Waals surface area (Å²) in [5, 5.41) is 9.16. The SMILES string of the molecule is CC(C)(C)OC(=O)N1C[C@@H]2[C@H](C1)[C@H]2C(=O)NC(C)(C)c1nn(COCC[Si](C)(C)C)c2ccccc12. The van der Waals surface area contributed by atoms with Crippen molar-refractivity contribution in [3.8, 4) is 0 Å². The van der Waals surface area contributed by atoms with Gasteiger partial charge in [-0.15, -0.1) is 0 Å². The summed E-state index contributed by atoms with van der Waals surface area (Å²) in [7, 11) is -1.16. The monoisotopic (exact) mass is 514 g/mol. The number of piperidine rings is 1. The Morgan fingerprint density at radius 2 is 1.72 bits per heavy atom. The molecule has 0 spiro atoms. The Morgan fingerprint density at radius 1 is 1.08 bits per heavy atom. The van der Waals surface area contributed by atoms with Gasteiger partial charge in [-0.3, -0.25) is 4.79 Å². The summed E-state index contributed by atoms with van der Waals surface area (Å²) in [6, 6.07) is 9.20. The number of nitrogens with one attached hydrogen (secondary N) is 1. The molecule has 1 aliphatic carbocycles. The Morgan fingerprint density at radius 3 is 2.33 bits per heavy atom. The molecule has 2 heterocycles. The molecular weight excluding hydrogens is 472 g/mol. The van der Waals surface area contributed by atoms with Crippen molar-refractivity contribution in [2.45, 2.75) is 78.2 Å². The van der Waals surface area contributed by atoms with Crippen molar-refractivity contribution in [2.75, 3.05) is 19.7 Å². The van der Waals surface area contributed by atoms with Crippen molar-refractivity contribution in [3.63, 3.8) is 0 Å². The maximum atomic E-state index is 13.3. The number of amides is 2. The molecule has 2 aliphatic rings. The third-order valence-electron chi connectivity index (χ3n) is 7.04. The molecule has 198 valence electrons. The molecule has 1 N–H and O–H groups in total. The van der Waals surface area contributed by atoms with Crippen LogP contribution in [0.2, 0.25) is 25.7 Å². The Balaban J connectivity index is 1.39. The molecule has 36 heavy (non-hydrogen) atoms. The molecule has 1 aliphatic heterocycles. The van der Waals surface area contributed by atoms with Crippen LogP contribution in [0.15, 0.2) is 24.3 Å². The van der Waals surface area contributed by atoms with E-state index in [1.807, 2.05) is 57.5 Å². The Hall–Kier alpha value is -2.39. The number of likely N-dealkylation sites (tertiary alicyclic amines) is 1. The number of rotatable bonds is 8. The fraction of sp³-hybridized carbons (Fsp3) is 0.667. The number of hydrogen-bond donors (Lipinski definition) is 1. The summed E-state index contributed by atoms with van der Waals surface area (Å²) in [4.78, 5) is 27.4. The van der Waals surface area contributed by atoms with Crippen molar-refractivity contribution in [1.82, 2.24) is 20.0 Å². The molecule has 2 fully saturated rings. The summed E-state index contributed by atoms with van der Waals surface area (Å²) in [5.41, 5.74) is 0.665. The number of para-hydroxylation sites is 1. The zero-order valence-corrected chi connectivity index (χ0v) is 24.1. The van der Waals surface area contributed by atoms with Crippen molar-refractivity contribution >= 4 is 31.0 Å². The minimum atomic E-state index is -1.16. The van der Waals surface area contributed by atoms with Gasteiger partial charge in [0.05, 0.1) is 16.7 Å². The van der Waals surface area contributed by atoms with Gasteiger partial charge in [0, 0.05) is 39.1 Å². The van der Waals surface area contributed by atoms with E-state index in [4.69, 9.17) is 14.6 Å². The fourth-order valence-electron chi connectivity index (χ4n) is 5.06. The van der Waals surface area contributed by atoms with E-state index >= 15 is 0 Å². The van der Waals surface area contributed by atoms with Gasteiger partial charge in [-0.2, -0.15) is 5.10 Å². The van der Waals surface area contributed by atoms with Crippen LogP contribution in [0.1, 0.15) is 40.3 Å². The number of benzene rings is 1. The molecule has 1 aromatic carbocycles. The first kappa shape index (κ1) is 26.7. The summed E-state index contributed by atoms with van der Waals surface area (Å²) in [5.74, 6) is 0.356. The normalized spacial score (nSPS) is 22.0. The van der Waals surface area contributed by atoms with Crippen molar-refractivity contribution in [3.05, 3.63) is 30.0 Å². The molecule has 2 aromatic rings. The van der Waals surface area contributed by atoms with Gasteiger partial charge in [0.15, 0.2) is 0 Å². The van der Waals surface area contributed by atoms with Gasteiger partial charge in [0.1, 0.15) is 12.3 Å². The average molecular weight is 515 g/mol. The maximum absolute atomic E-state index is 13.3. The number of nitrogens with zero attached hydrogens (tertiary/aromatic N) is 3. The number of carbonyl (C=O) groups is 2. The molecule has 2 amide bonds. The highest BCUT2D eigenvalue weighted by molar-refractivity contribution is 6.76. The lowest BCUT2D eigenvalue weighted by Gasteiger charge is -2.27. The highest BCUT2D eigenvalue weighted by Gasteiger charge is 2.61. The van der Waals surface area contributed by atoms with E-state index in [1.165, 1.54) is 0 Å². The standard InChI is InChI=1S/C27H42N4O4Si/c1-26(2,3)35-25(33)30-15-19-20(16-30)22(19)24(32)28-27(4,5)23-18-11-9-10-12-21(18)31(29-23)17-34-13-14-36(6,7)8/h9-12,19-20,22H,13-17H2,1-8H3,(H,28,32)/t19-,20+,22+. The predicted octanol–water partition coefficient (Wildman–Crippen LogP) is 4.81. The van der Waals surface area contributed by atoms with Crippen LogP contribution in [0.3, 0.4) is 0 Å². The van der Waals surface area contributed by atoms with Crippen LogP contribution in [0.5, 0.6) is 0 Å². The quantitative estimate of drug-likeness (QED) is 0.403. The molecule has 8 nitrogen and oxygen atoms in total. The van der Waals surface area contributed by atoms with E-state index in [0.29, 0.717) is 19.8 Å². The van der Waals surface area contributed by atoms with Crippen LogP contribution in [0.25, 0.3) is 10.9 Å². The Bertz CT molecular complexity index is 1120. The van der Waals surface area contributed by atoms with E-state index < -0.39 is 19.2 Å². The summed E-state index contributed by atoms with van der Waals surface area (Å²) < 4.78 is 13.4. The van der Waals surface area contributed by atoms with Gasteiger partial charge >= 0.3 is 6.09 Å². The van der Waals surface area contributed by atoms with Crippen molar-refractivity contribution in [1.29, 1.82) is 0 Å². The lowest BCUT2D eigenvalue weighted by atomic mass is 9.96. The second-order valence-electron chi connectivity index (χ2n) is 13.1. The largest absolute Gasteiger partial charge is 0.444 e. The molecule has 1 saturated heterocycles. The molecule has 1 aromatic heterocycles. The second-order valence-corrected chi connectivity index (χ2v) is 18.7. The van der Waals surface area contributed by atoms with Gasteiger partial charge < -0.3 is 19.7 Å². The van der Waals surface area contributed by atoms with Crippen LogP contribution in [0, 0.1) is 17.8 Å². The molecule has 4 rings (SSSR count). The fourth-order valence-corrected chi connectivity index (χ4v) is 5.81. The summed E-state index contributed by atoms with van der Waals surface area (Å²) >= 11 is 0. The Kier molecular flexibility index (Phi) is 7.02. The van der Waals surface area contributed by atoms with Crippen LogP contribution < -0.4 is 5.32 Å². The van der Waals surface area contributed by atoms with Crippen LogP contribution >= 0.6 is 0 Å². The number of hydrogen-bond acceptors (Lipinski definition) is 5. The van der Waals surface area contributed by atoms with Crippen LogP contribution in [0.4, 0.5) is 4.79 Å². The van der Waals surface area contributed by atoms with Crippen LogP contribution in [-0.2, 0) is 26.5 Å². The van der Waals surface area contributed by atoms with E-state index in [-0.39, 0.29) is 29.8 Å². The van der Waals surface area contributed by atoms with Crippen molar-refractivity contribution < 1.29 is 19.1 Å². The molecular formula is C27H42N4O4Si. The van der Waals surface area contributed by atoms with E-state index in [1.54, 1.807) is 4.90 Å². The smallest absolute Gasteiger partial charge is 0.410 e. The molecule has 3 atom stereocenters. The number of fused-ring (bicyclic) bond motifs is 2.